The molecule has 0 saturated heterocycles. The van der Waals surface area contributed by atoms with Crippen LogP contribution in [0.3, 0.4) is 0 Å². The summed E-state index contributed by atoms with van der Waals surface area (Å²) in [6.45, 7) is 4.53. The molecule has 2 aromatic rings. The lowest BCUT2D eigenvalue weighted by Gasteiger charge is -2.12. The van der Waals surface area contributed by atoms with Crippen LogP contribution in [0.15, 0.2) is 47.5 Å². The standard InChI is InChI=1S/C21H26N4O4.HI/c1-3-22-21(25-13-15-4-9-18-19(12-15)29-14-28-18)24-11-10-23-20(26)16-5-7-17(27-2)8-6-16;/h4-9,12H,3,10-11,13-14H2,1-2H3,(H,23,26)(H2,22,24,25);1H. The Morgan fingerprint density at radius 3 is 2.50 bits per heavy atom. The average molecular weight is 526 g/mol. The molecule has 0 unspecified atom stereocenters. The number of hydrogen-bond donors (Lipinski definition) is 3. The summed E-state index contributed by atoms with van der Waals surface area (Å²) < 4.78 is 15.8. The van der Waals surface area contributed by atoms with Gasteiger partial charge >= 0.3 is 0 Å². The van der Waals surface area contributed by atoms with Crippen LogP contribution in [0.1, 0.15) is 22.8 Å². The number of aliphatic imine (C=N–C) groups is 1. The van der Waals surface area contributed by atoms with E-state index in [1.54, 1.807) is 31.4 Å². The van der Waals surface area contributed by atoms with Gasteiger partial charge in [-0.3, -0.25) is 4.79 Å². The molecule has 1 amide bonds. The van der Waals surface area contributed by atoms with E-state index in [1.807, 2.05) is 25.1 Å². The van der Waals surface area contributed by atoms with Gasteiger partial charge in [0.15, 0.2) is 17.5 Å². The molecule has 9 heteroatoms. The molecule has 0 aromatic heterocycles. The molecular weight excluding hydrogens is 499 g/mol. The number of fused-ring (bicyclic) bond motifs is 1. The zero-order valence-electron chi connectivity index (χ0n) is 17.1. The lowest BCUT2D eigenvalue weighted by molar-refractivity contribution is 0.0954. The number of carbonyl (C=O) groups is 1. The second-order valence-electron chi connectivity index (χ2n) is 6.29. The summed E-state index contributed by atoms with van der Waals surface area (Å²) >= 11 is 0. The van der Waals surface area contributed by atoms with Crippen molar-refractivity contribution in [3.8, 4) is 17.2 Å². The number of methoxy groups -OCH3 is 1. The zero-order chi connectivity index (χ0) is 20.5. The van der Waals surface area contributed by atoms with Crippen LogP contribution in [0, 0.1) is 0 Å². The van der Waals surface area contributed by atoms with Crippen molar-refractivity contribution < 1.29 is 19.0 Å². The first-order valence-corrected chi connectivity index (χ1v) is 9.52. The Morgan fingerprint density at radius 1 is 1.03 bits per heavy atom. The highest BCUT2D eigenvalue weighted by Crippen LogP contribution is 2.32. The van der Waals surface area contributed by atoms with E-state index < -0.39 is 0 Å². The van der Waals surface area contributed by atoms with Gasteiger partial charge in [0.25, 0.3) is 5.91 Å². The number of nitrogens with zero attached hydrogens (tertiary/aromatic N) is 1. The Hall–Kier alpha value is -2.69. The molecule has 0 saturated carbocycles. The molecule has 1 aliphatic heterocycles. The number of hydrogen-bond acceptors (Lipinski definition) is 5. The normalized spacial score (nSPS) is 12.0. The third-order valence-electron chi connectivity index (χ3n) is 4.26. The maximum absolute atomic E-state index is 12.2. The van der Waals surface area contributed by atoms with Crippen LogP contribution in [-0.4, -0.2) is 45.4 Å². The monoisotopic (exact) mass is 526 g/mol. The van der Waals surface area contributed by atoms with Crippen LogP contribution in [0.4, 0.5) is 0 Å². The van der Waals surface area contributed by atoms with Crippen LogP contribution in [-0.2, 0) is 6.54 Å². The molecule has 0 bridgehead atoms. The van der Waals surface area contributed by atoms with Crippen molar-refractivity contribution in [2.24, 2.45) is 4.99 Å². The number of carbonyl (C=O) groups excluding carboxylic acids is 1. The zero-order valence-corrected chi connectivity index (χ0v) is 19.4. The first-order valence-electron chi connectivity index (χ1n) is 9.52. The molecule has 0 atom stereocenters. The molecule has 1 heterocycles. The van der Waals surface area contributed by atoms with Crippen LogP contribution in [0.2, 0.25) is 0 Å². The third-order valence-corrected chi connectivity index (χ3v) is 4.26. The Bertz CT molecular complexity index is 859. The molecule has 8 nitrogen and oxygen atoms in total. The quantitative estimate of drug-likeness (QED) is 0.212. The molecule has 1 aliphatic rings. The van der Waals surface area contributed by atoms with Crippen LogP contribution in [0.25, 0.3) is 0 Å². The minimum Gasteiger partial charge on any atom is -0.497 e. The van der Waals surface area contributed by atoms with Gasteiger partial charge in [0.2, 0.25) is 6.79 Å². The fourth-order valence-corrected chi connectivity index (χ4v) is 2.75. The van der Waals surface area contributed by atoms with E-state index >= 15 is 0 Å². The largest absolute Gasteiger partial charge is 0.497 e. The lowest BCUT2D eigenvalue weighted by Crippen LogP contribution is -2.41. The predicted octanol–water partition coefficient (Wildman–Crippen LogP) is 2.53. The van der Waals surface area contributed by atoms with Crippen molar-refractivity contribution >= 4 is 35.8 Å². The first-order chi connectivity index (χ1) is 14.2. The predicted molar refractivity (Wildman–Crippen MR) is 126 cm³/mol. The fourth-order valence-electron chi connectivity index (χ4n) is 2.75. The molecule has 0 radical (unpaired) electrons. The smallest absolute Gasteiger partial charge is 0.251 e. The molecule has 0 fully saturated rings. The summed E-state index contributed by atoms with van der Waals surface area (Å²) in [5.41, 5.74) is 1.62. The number of guanidine groups is 1. The van der Waals surface area contributed by atoms with E-state index in [0.29, 0.717) is 31.2 Å². The second kappa shape index (κ2) is 12.1. The van der Waals surface area contributed by atoms with E-state index in [-0.39, 0.29) is 36.7 Å². The number of rotatable bonds is 8. The number of benzene rings is 2. The van der Waals surface area contributed by atoms with Gasteiger partial charge in [0.1, 0.15) is 5.75 Å². The highest BCUT2D eigenvalue weighted by atomic mass is 127. The molecule has 2 aromatic carbocycles. The summed E-state index contributed by atoms with van der Waals surface area (Å²) in [6.07, 6.45) is 0. The van der Waals surface area contributed by atoms with Crippen molar-refractivity contribution in [3.63, 3.8) is 0 Å². The van der Waals surface area contributed by atoms with E-state index in [0.717, 1.165) is 29.4 Å². The number of ether oxygens (including phenoxy) is 3. The maximum Gasteiger partial charge on any atom is 0.251 e. The molecular formula is C21H27IN4O4. The van der Waals surface area contributed by atoms with Gasteiger partial charge in [0, 0.05) is 25.2 Å². The summed E-state index contributed by atoms with van der Waals surface area (Å²) in [5, 5.41) is 9.29. The van der Waals surface area contributed by atoms with Gasteiger partial charge in [-0.2, -0.15) is 0 Å². The second-order valence-corrected chi connectivity index (χ2v) is 6.29. The van der Waals surface area contributed by atoms with Gasteiger partial charge in [-0.25, -0.2) is 4.99 Å². The van der Waals surface area contributed by atoms with Crippen molar-refractivity contribution in [3.05, 3.63) is 53.6 Å². The van der Waals surface area contributed by atoms with Crippen LogP contribution < -0.4 is 30.2 Å². The van der Waals surface area contributed by atoms with Gasteiger partial charge in [-0.15, -0.1) is 24.0 Å². The molecule has 0 spiro atoms. The Morgan fingerprint density at radius 2 is 1.77 bits per heavy atom. The van der Waals surface area contributed by atoms with E-state index in [2.05, 4.69) is 20.9 Å². The van der Waals surface area contributed by atoms with Gasteiger partial charge in [0.05, 0.1) is 13.7 Å². The van der Waals surface area contributed by atoms with Crippen molar-refractivity contribution in [1.82, 2.24) is 16.0 Å². The van der Waals surface area contributed by atoms with Gasteiger partial charge in [-0.05, 0) is 48.9 Å². The van der Waals surface area contributed by atoms with E-state index in [9.17, 15) is 4.79 Å². The summed E-state index contributed by atoms with van der Waals surface area (Å²) in [7, 11) is 1.59. The first kappa shape index (κ1) is 23.6. The third kappa shape index (κ3) is 6.68. The van der Waals surface area contributed by atoms with Crippen LogP contribution >= 0.6 is 24.0 Å². The number of amides is 1. The van der Waals surface area contributed by atoms with Crippen molar-refractivity contribution in [2.75, 3.05) is 33.5 Å². The maximum atomic E-state index is 12.2. The van der Waals surface area contributed by atoms with E-state index in [1.165, 1.54) is 0 Å². The highest BCUT2D eigenvalue weighted by Gasteiger charge is 2.13. The van der Waals surface area contributed by atoms with Crippen molar-refractivity contribution in [2.45, 2.75) is 13.5 Å². The minimum atomic E-state index is -0.128. The highest BCUT2D eigenvalue weighted by molar-refractivity contribution is 14.0. The molecule has 0 aliphatic carbocycles. The molecule has 162 valence electrons. The Labute approximate surface area is 193 Å². The number of nitrogens with one attached hydrogen (secondary N) is 3. The van der Waals surface area contributed by atoms with Gasteiger partial charge in [-0.1, -0.05) is 6.07 Å². The average Bonchev–Trinajstić information content (AvgIpc) is 3.22. The summed E-state index contributed by atoms with van der Waals surface area (Å²) in [6, 6.07) is 12.8. The van der Waals surface area contributed by atoms with E-state index in [4.69, 9.17) is 14.2 Å². The van der Waals surface area contributed by atoms with Crippen molar-refractivity contribution in [1.29, 1.82) is 0 Å². The Balaban J connectivity index is 0.00000320. The summed E-state index contributed by atoms with van der Waals surface area (Å²) in [4.78, 5) is 16.7. The summed E-state index contributed by atoms with van der Waals surface area (Å²) in [5.74, 6) is 2.78. The SMILES string of the molecule is CCNC(=NCc1ccc2c(c1)OCO2)NCCNC(=O)c1ccc(OC)cc1.I. The van der Waals surface area contributed by atoms with Crippen LogP contribution in [0.5, 0.6) is 17.2 Å². The minimum absolute atomic E-state index is 0. The number of halogens is 1. The topological polar surface area (TPSA) is 93.2 Å². The molecule has 30 heavy (non-hydrogen) atoms. The molecule has 3 N–H and O–H groups in total. The Kier molecular flexibility index (Phi) is 9.52. The fraction of sp³-hybridized carbons (Fsp3) is 0.333. The molecule has 3 rings (SSSR count). The lowest BCUT2D eigenvalue weighted by atomic mass is 10.2. The van der Waals surface area contributed by atoms with Gasteiger partial charge < -0.3 is 30.2 Å².